The molecular formula is C25H19BrClN3O3. The van der Waals surface area contributed by atoms with E-state index in [-0.39, 0.29) is 11.8 Å². The van der Waals surface area contributed by atoms with Crippen molar-refractivity contribution in [3.05, 3.63) is 99.0 Å². The molecule has 0 aliphatic carbocycles. The SMILES string of the molecule is Cc1ccccc1C1NN(C(=O)c2cccc(Br)c2)C2C(=O)N(c3ccccc3Cl)C(=O)C12. The number of halogens is 2. The Bertz CT molecular complexity index is 1300. The minimum Gasteiger partial charge on any atom is -0.274 e. The first kappa shape index (κ1) is 21.8. The summed E-state index contributed by atoms with van der Waals surface area (Å²) in [5.41, 5.74) is 5.72. The van der Waals surface area contributed by atoms with Crippen LogP contribution in [0, 0.1) is 12.8 Å². The van der Waals surface area contributed by atoms with E-state index in [1.165, 1.54) is 5.01 Å². The van der Waals surface area contributed by atoms with Crippen LogP contribution in [0.5, 0.6) is 0 Å². The molecule has 2 fully saturated rings. The minimum absolute atomic E-state index is 0.296. The zero-order valence-corrected chi connectivity index (χ0v) is 19.9. The fourth-order valence-electron chi connectivity index (χ4n) is 4.60. The largest absolute Gasteiger partial charge is 0.274 e. The van der Waals surface area contributed by atoms with Crippen LogP contribution in [-0.2, 0) is 9.59 Å². The Balaban J connectivity index is 1.62. The van der Waals surface area contributed by atoms with Gasteiger partial charge in [-0.1, -0.05) is 70.0 Å². The molecule has 0 radical (unpaired) electrons. The molecule has 2 heterocycles. The lowest BCUT2D eigenvalue weighted by Gasteiger charge is -2.26. The lowest BCUT2D eigenvalue weighted by atomic mass is 9.88. The van der Waals surface area contributed by atoms with E-state index in [0.717, 1.165) is 20.5 Å². The van der Waals surface area contributed by atoms with Crippen molar-refractivity contribution in [1.29, 1.82) is 0 Å². The number of nitrogens with one attached hydrogen (secondary N) is 1. The predicted octanol–water partition coefficient (Wildman–Crippen LogP) is 4.67. The number of imide groups is 1. The van der Waals surface area contributed by atoms with Crippen molar-refractivity contribution in [3.8, 4) is 0 Å². The number of para-hydroxylation sites is 1. The van der Waals surface area contributed by atoms with E-state index in [1.54, 1.807) is 42.5 Å². The van der Waals surface area contributed by atoms with Crippen LogP contribution < -0.4 is 10.3 Å². The van der Waals surface area contributed by atoms with Gasteiger partial charge in [0.15, 0.2) is 0 Å². The summed E-state index contributed by atoms with van der Waals surface area (Å²) in [6.45, 7) is 1.94. The third-order valence-corrected chi connectivity index (χ3v) is 6.95. The van der Waals surface area contributed by atoms with Crippen LogP contribution in [0.3, 0.4) is 0 Å². The molecule has 8 heteroatoms. The molecule has 2 aliphatic rings. The number of anilines is 1. The number of rotatable bonds is 3. The Morgan fingerprint density at radius 1 is 0.970 bits per heavy atom. The zero-order valence-electron chi connectivity index (χ0n) is 17.5. The lowest BCUT2D eigenvalue weighted by Crippen LogP contribution is -2.48. The van der Waals surface area contributed by atoms with E-state index < -0.39 is 23.9 Å². The van der Waals surface area contributed by atoms with E-state index in [0.29, 0.717) is 16.3 Å². The summed E-state index contributed by atoms with van der Waals surface area (Å²) < 4.78 is 0.742. The summed E-state index contributed by atoms with van der Waals surface area (Å²) >= 11 is 9.72. The number of benzene rings is 3. The van der Waals surface area contributed by atoms with Gasteiger partial charge < -0.3 is 0 Å². The van der Waals surface area contributed by atoms with Gasteiger partial charge in [-0.15, -0.1) is 0 Å². The van der Waals surface area contributed by atoms with Gasteiger partial charge in [-0.05, 0) is 48.4 Å². The minimum atomic E-state index is -0.995. The summed E-state index contributed by atoms with van der Waals surface area (Å²) in [6.07, 6.45) is 0. The van der Waals surface area contributed by atoms with Crippen molar-refractivity contribution in [2.75, 3.05) is 4.90 Å². The van der Waals surface area contributed by atoms with Gasteiger partial charge in [0, 0.05) is 10.0 Å². The van der Waals surface area contributed by atoms with Crippen LogP contribution in [0.2, 0.25) is 5.02 Å². The highest BCUT2D eigenvalue weighted by Crippen LogP contribution is 2.44. The number of carbonyl (C=O) groups is 3. The van der Waals surface area contributed by atoms with Gasteiger partial charge in [0.05, 0.1) is 22.7 Å². The summed E-state index contributed by atoms with van der Waals surface area (Å²) in [5.74, 6) is -2.04. The average Bonchev–Trinajstić information content (AvgIpc) is 3.31. The first-order valence-electron chi connectivity index (χ1n) is 10.4. The van der Waals surface area contributed by atoms with E-state index in [1.807, 2.05) is 37.3 Å². The lowest BCUT2D eigenvalue weighted by molar-refractivity contribution is -0.123. The van der Waals surface area contributed by atoms with Gasteiger partial charge in [0.2, 0.25) is 5.91 Å². The highest BCUT2D eigenvalue weighted by molar-refractivity contribution is 9.10. The Morgan fingerprint density at radius 3 is 2.42 bits per heavy atom. The quantitative estimate of drug-likeness (QED) is 0.506. The maximum Gasteiger partial charge on any atom is 0.268 e. The van der Waals surface area contributed by atoms with Crippen LogP contribution >= 0.6 is 27.5 Å². The molecule has 3 atom stereocenters. The van der Waals surface area contributed by atoms with E-state index in [4.69, 9.17) is 11.6 Å². The molecule has 3 aromatic carbocycles. The maximum atomic E-state index is 13.7. The van der Waals surface area contributed by atoms with Gasteiger partial charge >= 0.3 is 0 Å². The van der Waals surface area contributed by atoms with Gasteiger partial charge in [-0.2, -0.15) is 0 Å². The Hall–Kier alpha value is -3.00. The van der Waals surface area contributed by atoms with Gasteiger partial charge in [-0.25, -0.2) is 10.3 Å². The molecule has 3 amide bonds. The standard InChI is InChI=1S/C25H19BrClN3O3/c1-14-7-2-3-10-17(14)21-20-22(30(28-21)23(31)15-8-6-9-16(26)13-15)25(33)29(24(20)32)19-12-5-4-11-18(19)27/h2-13,20-22,28H,1H3. The number of hydrazine groups is 1. The zero-order chi connectivity index (χ0) is 23.3. The Labute approximate surface area is 204 Å². The molecular weight excluding hydrogens is 506 g/mol. The molecule has 33 heavy (non-hydrogen) atoms. The Kier molecular flexibility index (Phi) is 5.56. The highest BCUT2D eigenvalue weighted by Gasteiger charge is 2.60. The second-order valence-corrected chi connectivity index (χ2v) is 9.41. The van der Waals surface area contributed by atoms with Crippen LogP contribution in [0.25, 0.3) is 0 Å². The van der Waals surface area contributed by atoms with Crippen molar-refractivity contribution < 1.29 is 14.4 Å². The molecule has 0 aromatic heterocycles. The third-order valence-electron chi connectivity index (χ3n) is 6.14. The molecule has 3 aromatic rings. The molecule has 2 aliphatic heterocycles. The van der Waals surface area contributed by atoms with Gasteiger partial charge in [0.1, 0.15) is 6.04 Å². The molecule has 0 bridgehead atoms. The monoisotopic (exact) mass is 523 g/mol. The second-order valence-electron chi connectivity index (χ2n) is 8.08. The molecule has 0 spiro atoms. The topological polar surface area (TPSA) is 69.7 Å². The normalized spacial score (nSPS) is 22.1. The number of fused-ring (bicyclic) bond motifs is 1. The number of aryl methyl sites for hydroxylation is 1. The Morgan fingerprint density at radius 2 is 1.70 bits per heavy atom. The average molecular weight is 525 g/mol. The van der Waals surface area contributed by atoms with Crippen molar-refractivity contribution in [2.45, 2.75) is 19.0 Å². The molecule has 2 saturated heterocycles. The molecule has 3 unspecified atom stereocenters. The molecule has 6 nitrogen and oxygen atoms in total. The third kappa shape index (κ3) is 3.57. The van der Waals surface area contributed by atoms with Crippen LogP contribution in [0.1, 0.15) is 27.5 Å². The highest BCUT2D eigenvalue weighted by atomic mass is 79.9. The summed E-state index contributed by atoms with van der Waals surface area (Å²) in [7, 11) is 0. The number of carbonyl (C=O) groups excluding carboxylic acids is 3. The van der Waals surface area contributed by atoms with Crippen molar-refractivity contribution in [1.82, 2.24) is 10.4 Å². The summed E-state index contributed by atoms with van der Waals surface area (Å²) in [6, 6.07) is 19.8. The fourth-order valence-corrected chi connectivity index (χ4v) is 5.22. The number of amides is 3. The van der Waals surface area contributed by atoms with Gasteiger partial charge in [-0.3, -0.25) is 19.4 Å². The van der Waals surface area contributed by atoms with Crippen molar-refractivity contribution in [3.63, 3.8) is 0 Å². The first-order chi connectivity index (χ1) is 15.9. The van der Waals surface area contributed by atoms with E-state index in [9.17, 15) is 14.4 Å². The summed E-state index contributed by atoms with van der Waals surface area (Å²) in [5, 5.41) is 1.60. The fraction of sp³-hybridized carbons (Fsp3) is 0.160. The number of hydrogen-bond donors (Lipinski definition) is 1. The van der Waals surface area contributed by atoms with E-state index in [2.05, 4.69) is 21.4 Å². The smallest absolute Gasteiger partial charge is 0.268 e. The van der Waals surface area contributed by atoms with Crippen LogP contribution in [-0.4, -0.2) is 28.8 Å². The molecule has 0 saturated carbocycles. The van der Waals surface area contributed by atoms with Crippen molar-refractivity contribution >= 4 is 50.9 Å². The maximum absolute atomic E-state index is 13.7. The van der Waals surface area contributed by atoms with E-state index >= 15 is 0 Å². The molecule has 1 N–H and O–H groups in total. The van der Waals surface area contributed by atoms with Crippen molar-refractivity contribution in [2.24, 2.45) is 5.92 Å². The number of nitrogens with zero attached hydrogens (tertiary/aromatic N) is 2. The summed E-state index contributed by atoms with van der Waals surface area (Å²) in [4.78, 5) is 41.9. The van der Waals surface area contributed by atoms with Gasteiger partial charge in [0.25, 0.3) is 11.8 Å². The second kappa shape index (κ2) is 8.41. The molecule has 5 rings (SSSR count). The number of hydrogen-bond acceptors (Lipinski definition) is 4. The predicted molar refractivity (Wildman–Crippen MR) is 129 cm³/mol. The first-order valence-corrected chi connectivity index (χ1v) is 11.6. The van der Waals surface area contributed by atoms with Crippen LogP contribution in [0.15, 0.2) is 77.3 Å². The molecule has 166 valence electrons. The van der Waals surface area contributed by atoms with Crippen LogP contribution in [0.4, 0.5) is 5.69 Å².